The third kappa shape index (κ3) is 2.82. The molecule has 0 radical (unpaired) electrons. The summed E-state index contributed by atoms with van der Waals surface area (Å²) in [5, 5.41) is 3.49. The van der Waals surface area contributed by atoms with Gasteiger partial charge in [0.2, 0.25) is 0 Å². The van der Waals surface area contributed by atoms with Crippen molar-refractivity contribution in [1.29, 1.82) is 0 Å². The van der Waals surface area contributed by atoms with Crippen molar-refractivity contribution in [3.8, 4) is 5.75 Å². The van der Waals surface area contributed by atoms with Gasteiger partial charge in [0, 0.05) is 6.04 Å². The molecule has 98 valence electrons. The fraction of sp³-hybridized carbons (Fsp3) is 0.500. The van der Waals surface area contributed by atoms with Crippen LogP contribution in [0, 0.1) is 0 Å². The van der Waals surface area contributed by atoms with Crippen LogP contribution in [-0.4, -0.2) is 19.1 Å². The Balaban J connectivity index is 2.22. The number of carbonyl (C=O) groups excluding carboxylic acids is 1. The van der Waals surface area contributed by atoms with Crippen molar-refractivity contribution in [2.45, 2.75) is 32.2 Å². The quantitative estimate of drug-likeness (QED) is 0.830. The minimum atomic E-state index is -0.438. The first-order chi connectivity index (χ1) is 8.72. The van der Waals surface area contributed by atoms with Gasteiger partial charge < -0.3 is 15.8 Å². The van der Waals surface area contributed by atoms with Gasteiger partial charge in [0.05, 0.1) is 0 Å². The largest absolute Gasteiger partial charge is 0.483 e. The van der Waals surface area contributed by atoms with Gasteiger partial charge in [0.1, 0.15) is 5.75 Å². The van der Waals surface area contributed by atoms with Crippen molar-refractivity contribution in [3.05, 3.63) is 29.3 Å². The van der Waals surface area contributed by atoms with Crippen LogP contribution in [-0.2, 0) is 11.2 Å². The first-order valence-electron chi connectivity index (χ1n) is 6.48. The van der Waals surface area contributed by atoms with E-state index in [4.69, 9.17) is 10.5 Å². The molecule has 3 N–H and O–H groups in total. The van der Waals surface area contributed by atoms with Crippen molar-refractivity contribution in [2.24, 2.45) is 5.73 Å². The molecule has 4 nitrogen and oxygen atoms in total. The average molecular weight is 248 g/mol. The van der Waals surface area contributed by atoms with E-state index in [0.29, 0.717) is 6.04 Å². The van der Waals surface area contributed by atoms with E-state index in [0.717, 1.165) is 31.6 Å². The minimum absolute atomic E-state index is 0.0532. The van der Waals surface area contributed by atoms with Crippen molar-refractivity contribution in [1.82, 2.24) is 5.32 Å². The van der Waals surface area contributed by atoms with Gasteiger partial charge in [-0.25, -0.2) is 0 Å². The van der Waals surface area contributed by atoms with Crippen LogP contribution in [0.1, 0.15) is 36.9 Å². The van der Waals surface area contributed by atoms with Crippen LogP contribution < -0.4 is 15.8 Å². The van der Waals surface area contributed by atoms with Gasteiger partial charge in [-0.3, -0.25) is 4.79 Å². The molecule has 1 amide bonds. The molecule has 0 fully saturated rings. The van der Waals surface area contributed by atoms with E-state index in [1.165, 1.54) is 11.1 Å². The Kier molecular flexibility index (Phi) is 4.20. The third-order valence-electron chi connectivity index (χ3n) is 3.28. The zero-order valence-corrected chi connectivity index (χ0v) is 10.7. The lowest BCUT2D eigenvalue weighted by Gasteiger charge is -2.27. The number of amides is 1. The second kappa shape index (κ2) is 5.87. The number of fused-ring (bicyclic) bond motifs is 1. The Labute approximate surface area is 108 Å². The monoisotopic (exact) mass is 248 g/mol. The highest BCUT2D eigenvalue weighted by Crippen LogP contribution is 2.35. The Hall–Kier alpha value is -1.55. The molecular weight excluding hydrogens is 228 g/mol. The first-order valence-corrected chi connectivity index (χ1v) is 6.48. The smallest absolute Gasteiger partial charge is 0.255 e. The number of nitrogens with one attached hydrogen (secondary N) is 1. The molecule has 1 aliphatic rings. The highest BCUT2D eigenvalue weighted by molar-refractivity contribution is 5.75. The Morgan fingerprint density at radius 1 is 1.56 bits per heavy atom. The predicted octanol–water partition coefficient (Wildman–Crippen LogP) is 1.54. The lowest BCUT2D eigenvalue weighted by atomic mass is 9.87. The zero-order valence-electron chi connectivity index (χ0n) is 10.7. The molecule has 1 atom stereocenters. The van der Waals surface area contributed by atoms with Crippen molar-refractivity contribution < 1.29 is 9.53 Å². The number of ether oxygens (including phenoxy) is 1. The van der Waals surface area contributed by atoms with Crippen LogP contribution in [0.3, 0.4) is 0 Å². The SMILES string of the molecule is CCNC1CCCc2c(OCC(N)=O)cccc21. The van der Waals surface area contributed by atoms with E-state index in [1.54, 1.807) is 0 Å². The number of rotatable bonds is 5. The molecule has 0 aliphatic heterocycles. The zero-order chi connectivity index (χ0) is 13.0. The van der Waals surface area contributed by atoms with E-state index in [2.05, 4.69) is 18.3 Å². The van der Waals surface area contributed by atoms with Crippen LogP contribution >= 0.6 is 0 Å². The van der Waals surface area contributed by atoms with E-state index in [9.17, 15) is 4.79 Å². The van der Waals surface area contributed by atoms with Crippen molar-refractivity contribution >= 4 is 5.91 Å². The molecule has 0 saturated heterocycles. The minimum Gasteiger partial charge on any atom is -0.483 e. The maximum atomic E-state index is 10.8. The number of benzene rings is 1. The summed E-state index contributed by atoms with van der Waals surface area (Å²) < 4.78 is 5.49. The Morgan fingerprint density at radius 2 is 2.39 bits per heavy atom. The average Bonchev–Trinajstić information content (AvgIpc) is 2.37. The molecule has 4 heteroatoms. The first kappa shape index (κ1) is 12.9. The summed E-state index contributed by atoms with van der Waals surface area (Å²) in [4.78, 5) is 10.8. The van der Waals surface area contributed by atoms with Crippen molar-refractivity contribution in [2.75, 3.05) is 13.2 Å². The molecule has 0 saturated carbocycles. The number of carbonyl (C=O) groups is 1. The van der Waals surface area contributed by atoms with E-state index >= 15 is 0 Å². The van der Waals surface area contributed by atoms with Crippen LogP contribution in [0.15, 0.2) is 18.2 Å². The fourth-order valence-corrected chi connectivity index (χ4v) is 2.56. The Morgan fingerprint density at radius 3 is 3.11 bits per heavy atom. The molecule has 0 aromatic heterocycles. The van der Waals surface area contributed by atoms with E-state index in [-0.39, 0.29) is 6.61 Å². The van der Waals surface area contributed by atoms with Crippen LogP contribution in [0.2, 0.25) is 0 Å². The van der Waals surface area contributed by atoms with Gasteiger partial charge in [-0.2, -0.15) is 0 Å². The summed E-state index contributed by atoms with van der Waals surface area (Å²) in [7, 11) is 0. The summed E-state index contributed by atoms with van der Waals surface area (Å²) >= 11 is 0. The molecular formula is C14H20N2O2. The predicted molar refractivity (Wildman–Crippen MR) is 70.5 cm³/mol. The normalized spacial score (nSPS) is 18.2. The standard InChI is InChI=1S/C14H20N2O2/c1-2-16-12-7-3-6-11-10(12)5-4-8-13(11)18-9-14(15)17/h4-5,8,12,16H,2-3,6-7,9H2,1H3,(H2,15,17). The molecule has 2 rings (SSSR count). The topological polar surface area (TPSA) is 64.3 Å². The summed E-state index contributed by atoms with van der Waals surface area (Å²) in [5.74, 6) is 0.362. The van der Waals surface area contributed by atoms with Gasteiger partial charge in [-0.1, -0.05) is 19.1 Å². The van der Waals surface area contributed by atoms with Gasteiger partial charge in [0.25, 0.3) is 5.91 Å². The second-order valence-electron chi connectivity index (χ2n) is 4.58. The summed E-state index contributed by atoms with van der Waals surface area (Å²) in [6.07, 6.45) is 3.30. The number of hydrogen-bond acceptors (Lipinski definition) is 3. The molecule has 1 unspecified atom stereocenters. The van der Waals surface area contributed by atoms with Gasteiger partial charge in [-0.05, 0) is 43.0 Å². The van der Waals surface area contributed by atoms with Gasteiger partial charge >= 0.3 is 0 Å². The van der Waals surface area contributed by atoms with Crippen LogP contribution in [0.25, 0.3) is 0 Å². The third-order valence-corrected chi connectivity index (χ3v) is 3.28. The van der Waals surface area contributed by atoms with Gasteiger partial charge in [0.15, 0.2) is 6.61 Å². The lowest BCUT2D eigenvalue weighted by molar-refractivity contribution is -0.119. The number of primary amides is 1. The molecule has 18 heavy (non-hydrogen) atoms. The molecule has 1 aliphatic carbocycles. The fourth-order valence-electron chi connectivity index (χ4n) is 2.56. The van der Waals surface area contributed by atoms with Gasteiger partial charge in [-0.15, -0.1) is 0 Å². The Bertz CT molecular complexity index is 432. The molecule has 0 bridgehead atoms. The maximum Gasteiger partial charge on any atom is 0.255 e. The summed E-state index contributed by atoms with van der Waals surface area (Å²) in [6.45, 7) is 3.01. The highest BCUT2D eigenvalue weighted by atomic mass is 16.5. The molecule has 0 heterocycles. The summed E-state index contributed by atoms with van der Waals surface area (Å²) in [5.41, 5.74) is 7.63. The summed E-state index contributed by atoms with van der Waals surface area (Å²) in [6, 6.07) is 6.43. The number of nitrogens with two attached hydrogens (primary N) is 1. The molecule has 0 spiro atoms. The number of hydrogen-bond donors (Lipinski definition) is 2. The second-order valence-corrected chi connectivity index (χ2v) is 4.58. The van der Waals surface area contributed by atoms with Crippen LogP contribution in [0.4, 0.5) is 0 Å². The highest BCUT2D eigenvalue weighted by Gasteiger charge is 2.22. The maximum absolute atomic E-state index is 10.8. The van der Waals surface area contributed by atoms with Crippen LogP contribution in [0.5, 0.6) is 5.75 Å². The van der Waals surface area contributed by atoms with E-state index in [1.807, 2.05) is 12.1 Å². The van der Waals surface area contributed by atoms with E-state index < -0.39 is 5.91 Å². The lowest BCUT2D eigenvalue weighted by Crippen LogP contribution is -2.26. The molecule has 1 aromatic rings. The molecule has 1 aromatic carbocycles. The van der Waals surface area contributed by atoms with Crippen molar-refractivity contribution in [3.63, 3.8) is 0 Å².